The summed E-state index contributed by atoms with van der Waals surface area (Å²) in [6.45, 7) is 4.29. The van der Waals surface area contributed by atoms with Gasteiger partial charge in [0, 0.05) is 28.4 Å². The number of rotatable bonds is 2. The number of hydrogen-bond acceptors (Lipinski definition) is 3. The molecule has 5 rings (SSSR count). The number of Topliss-reactive ketones (excluding diaryl/α,β-unsaturated/α-hetero) is 1. The van der Waals surface area contributed by atoms with Gasteiger partial charge < -0.3 is 15.5 Å². The van der Waals surface area contributed by atoms with Crippen LogP contribution in [0, 0.1) is 5.41 Å². The van der Waals surface area contributed by atoms with Crippen LogP contribution in [-0.4, -0.2) is 10.9 Å². The Morgan fingerprint density at radius 1 is 1.00 bits per heavy atom. The van der Waals surface area contributed by atoms with Gasteiger partial charge in [-0.15, -0.1) is 0 Å². The fraction of sp³-hybridized carbons (Fsp3) is 0.214. The number of anilines is 3. The molecule has 34 heavy (non-hydrogen) atoms. The Balaban J connectivity index is 1.72. The fourth-order valence-corrected chi connectivity index (χ4v) is 5.32. The van der Waals surface area contributed by atoms with E-state index in [0.717, 1.165) is 40.3 Å². The van der Waals surface area contributed by atoms with Crippen molar-refractivity contribution in [2.75, 3.05) is 15.5 Å². The highest BCUT2D eigenvalue weighted by molar-refractivity contribution is 7.80. The van der Waals surface area contributed by atoms with Crippen molar-refractivity contribution in [2.24, 2.45) is 5.41 Å². The van der Waals surface area contributed by atoms with Gasteiger partial charge >= 0.3 is 0 Å². The molecule has 3 aromatic carbocycles. The molecule has 0 saturated heterocycles. The maximum absolute atomic E-state index is 13.7. The first-order valence-corrected chi connectivity index (χ1v) is 12.1. The van der Waals surface area contributed by atoms with Crippen LogP contribution in [0.4, 0.5) is 17.1 Å². The van der Waals surface area contributed by atoms with Crippen molar-refractivity contribution in [3.63, 3.8) is 0 Å². The van der Waals surface area contributed by atoms with E-state index in [2.05, 4.69) is 29.4 Å². The van der Waals surface area contributed by atoms with Gasteiger partial charge in [-0.3, -0.25) is 4.79 Å². The second-order valence-electron chi connectivity index (χ2n) is 9.60. The first-order valence-electron chi connectivity index (χ1n) is 11.4. The second-order valence-corrected chi connectivity index (χ2v) is 10.4. The molecule has 172 valence electrons. The zero-order valence-electron chi connectivity index (χ0n) is 19.1. The molecule has 0 amide bonds. The Morgan fingerprint density at radius 2 is 1.68 bits per heavy atom. The van der Waals surface area contributed by atoms with Crippen LogP contribution >= 0.6 is 23.8 Å². The summed E-state index contributed by atoms with van der Waals surface area (Å²) < 4.78 is 0. The number of carbonyl (C=O) groups is 1. The molecular formula is C28H26ClN3OS. The second kappa shape index (κ2) is 8.90. The lowest BCUT2D eigenvalue weighted by molar-refractivity contribution is -0.118. The minimum Gasteiger partial charge on any atom is -0.357 e. The van der Waals surface area contributed by atoms with Crippen LogP contribution in [0.15, 0.2) is 90.1 Å². The molecule has 0 saturated carbocycles. The summed E-state index contributed by atoms with van der Waals surface area (Å²) in [5, 5.41) is 8.17. The summed E-state index contributed by atoms with van der Waals surface area (Å²) in [7, 11) is 0. The fourth-order valence-electron chi connectivity index (χ4n) is 4.88. The van der Waals surface area contributed by atoms with E-state index in [1.807, 2.05) is 78.9 Å². The van der Waals surface area contributed by atoms with E-state index in [1.165, 1.54) is 0 Å². The average molecular weight is 488 g/mol. The van der Waals surface area contributed by atoms with Gasteiger partial charge in [0.2, 0.25) is 0 Å². The Labute approximate surface area is 210 Å². The Bertz CT molecular complexity index is 1280. The molecule has 1 atom stereocenters. The highest BCUT2D eigenvalue weighted by Crippen LogP contribution is 2.48. The number of nitrogens with one attached hydrogen (secondary N) is 2. The van der Waals surface area contributed by atoms with Crippen LogP contribution in [0.1, 0.15) is 38.3 Å². The number of carbonyl (C=O) groups excluding carboxylic acids is 1. The highest BCUT2D eigenvalue weighted by atomic mass is 35.5. The number of fused-ring (bicyclic) bond motifs is 1. The predicted octanol–water partition coefficient (Wildman–Crippen LogP) is 7.35. The van der Waals surface area contributed by atoms with Gasteiger partial charge in [0.15, 0.2) is 10.9 Å². The third kappa shape index (κ3) is 4.33. The number of halogens is 1. The summed E-state index contributed by atoms with van der Waals surface area (Å²) in [6.07, 6.45) is 1.26. The first kappa shape index (κ1) is 22.6. The van der Waals surface area contributed by atoms with Gasteiger partial charge in [0.25, 0.3) is 0 Å². The Hall–Kier alpha value is -3.15. The van der Waals surface area contributed by atoms with Crippen molar-refractivity contribution >= 4 is 51.8 Å². The maximum atomic E-state index is 13.7. The van der Waals surface area contributed by atoms with E-state index in [-0.39, 0.29) is 11.2 Å². The number of hydrogen-bond donors (Lipinski definition) is 2. The largest absolute Gasteiger partial charge is 0.357 e. The molecule has 2 aliphatic rings. The molecule has 0 bridgehead atoms. The van der Waals surface area contributed by atoms with Crippen LogP contribution in [-0.2, 0) is 4.79 Å². The van der Waals surface area contributed by atoms with Gasteiger partial charge in [0.05, 0.1) is 17.4 Å². The van der Waals surface area contributed by atoms with Gasteiger partial charge in [-0.05, 0) is 66.0 Å². The van der Waals surface area contributed by atoms with Crippen molar-refractivity contribution in [2.45, 2.75) is 32.7 Å². The number of benzene rings is 3. The Kier molecular flexibility index (Phi) is 5.92. The van der Waals surface area contributed by atoms with Crippen molar-refractivity contribution in [1.29, 1.82) is 0 Å². The molecule has 0 fully saturated rings. The standard InChI is InChI=1S/C28H26ClN3OS/c1-28(2)16-22-25(24(33)17-28)26(18-12-14-19(29)15-13-18)32(23-11-7-6-10-21(23)31-22)27(34)30-20-8-4-3-5-9-20/h3-15,26,31H,16-17H2,1-2H3,(H,30,34)/t26-/m0/s1. The van der Waals surface area contributed by atoms with E-state index in [1.54, 1.807) is 0 Å². The smallest absolute Gasteiger partial charge is 0.178 e. The van der Waals surface area contributed by atoms with Gasteiger partial charge in [-0.25, -0.2) is 0 Å². The third-order valence-corrected chi connectivity index (χ3v) is 6.88. The number of ketones is 1. The molecule has 3 aromatic rings. The summed E-state index contributed by atoms with van der Waals surface area (Å²) in [6, 6.07) is 25.2. The van der Waals surface area contributed by atoms with Crippen LogP contribution in [0.2, 0.25) is 5.02 Å². The van der Waals surface area contributed by atoms with E-state index in [0.29, 0.717) is 16.6 Å². The molecule has 1 heterocycles. The minimum absolute atomic E-state index is 0.125. The molecular weight excluding hydrogens is 462 g/mol. The number of nitrogens with zero attached hydrogens (tertiary/aromatic N) is 1. The minimum atomic E-state index is -0.393. The lowest BCUT2D eigenvalue weighted by Gasteiger charge is -2.38. The summed E-state index contributed by atoms with van der Waals surface area (Å²) in [4.78, 5) is 15.8. The maximum Gasteiger partial charge on any atom is 0.178 e. The monoisotopic (exact) mass is 487 g/mol. The van der Waals surface area contributed by atoms with Gasteiger partial charge in [0.1, 0.15) is 0 Å². The van der Waals surface area contributed by atoms with Gasteiger partial charge in [-0.2, -0.15) is 0 Å². The molecule has 2 N–H and O–H groups in total. The van der Waals surface area contributed by atoms with Gasteiger partial charge in [-0.1, -0.05) is 67.9 Å². The predicted molar refractivity (Wildman–Crippen MR) is 144 cm³/mol. The lowest BCUT2D eigenvalue weighted by Crippen LogP contribution is -2.41. The average Bonchev–Trinajstić information content (AvgIpc) is 2.94. The summed E-state index contributed by atoms with van der Waals surface area (Å²) in [5.41, 5.74) is 5.28. The third-order valence-electron chi connectivity index (χ3n) is 6.33. The molecule has 0 unspecified atom stereocenters. The Morgan fingerprint density at radius 3 is 2.41 bits per heavy atom. The zero-order chi connectivity index (χ0) is 23.9. The van der Waals surface area contributed by atoms with E-state index in [9.17, 15) is 4.79 Å². The molecule has 1 aliphatic heterocycles. The van der Waals surface area contributed by atoms with Crippen molar-refractivity contribution < 1.29 is 4.79 Å². The summed E-state index contributed by atoms with van der Waals surface area (Å²) in [5.74, 6) is 0.138. The van der Waals surface area contributed by atoms with E-state index >= 15 is 0 Å². The van der Waals surface area contributed by atoms with Crippen molar-refractivity contribution in [3.05, 3.63) is 101 Å². The SMILES string of the molecule is CC1(C)CC(=O)C2=C(C1)Nc1ccccc1N(C(=S)Nc1ccccc1)[C@H]2c1ccc(Cl)cc1. The molecule has 4 nitrogen and oxygen atoms in total. The lowest BCUT2D eigenvalue weighted by atomic mass is 9.73. The molecule has 0 radical (unpaired) electrons. The number of thiocarbonyl (C=S) groups is 1. The molecule has 6 heteroatoms. The highest BCUT2D eigenvalue weighted by Gasteiger charge is 2.42. The first-order chi connectivity index (χ1) is 16.3. The number of allylic oxidation sites excluding steroid dienone is 1. The molecule has 1 aliphatic carbocycles. The van der Waals surface area contributed by atoms with E-state index < -0.39 is 6.04 Å². The van der Waals surface area contributed by atoms with E-state index in [4.69, 9.17) is 23.8 Å². The summed E-state index contributed by atoms with van der Waals surface area (Å²) >= 11 is 12.2. The van der Waals surface area contributed by atoms with Crippen molar-refractivity contribution in [1.82, 2.24) is 0 Å². The molecule has 0 aromatic heterocycles. The number of para-hydroxylation sites is 3. The molecule has 0 spiro atoms. The van der Waals surface area contributed by atoms with Crippen LogP contribution < -0.4 is 15.5 Å². The topological polar surface area (TPSA) is 44.4 Å². The van der Waals surface area contributed by atoms with Crippen LogP contribution in [0.3, 0.4) is 0 Å². The quantitative estimate of drug-likeness (QED) is 0.370. The van der Waals surface area contributed by atoms with Crippen LogP contribution in [0.25, 0.3) is 0 Å². The normalized spacial score (nSPS) is 19.0. The van der Waals surface area contributed by atoms with Crippen LogP contribution in [0.5, 0.6) is 0 Å². The zero-order valence-corrected chi connectivity index (χ0v) is 20.7. The van der Waals surface area contributed by atoms with Crippen molar-refractivity contribution in [3.8, 4) is 0 Å².